The van der Waals surface area contributed by atoms with E-state index in [2.05, 4.69) is 0 Å². The number of hydrogen-bond acceptors (Lipinski definition) is 11. The molecular formula is C22H26O11. The first-order chi connectivity index (χ1) is 15.7. The van der Waals surface area contributed by atoms with E-state index in [0.717, 1.165) is 0 Å². The zero-order valence-electron chi connectivity index (χ0n) is 17.7. The maximum Gasteiger partial charge on any atom is 0.229 e. The van der Waals surface area contributed by atoms with Crippen molar-refractivity contribution in [2.75, 3.05) is 13.7 Å². The fraction of sp³-hybridized carbons (Fsp3) is 0.409. The fourth-order valence-electron chi connectivity index (χ4n) is 3.46. The molecule has 0 aliphatic carbocycles. The molecule has 1 saturated heterocycles. The Labute approximate surface area is 188 Å². The predicted octanol–water partition coefficient (Wildman–Crippen LogP) is -0.194. The molecule has 0 saturated carbocycles. The van der Waals surface area contributed by atoms with E-state index in [4.69, 9.17) is 14.2 Å². The van der Waals surface area contributed by atoms with Gasteiger partial charge in [0.2, 0.25) is 6.29 Å². The van der Waals surface area contributed by atoms with Crippen molar-refractivity contribution >= 4 is 5.78 Å². The molecule has 0 amide bonds. The first-order valence-corrected chi connectivity index (χ1v) is 10.1. The number of aliphatic hydroxyl groups excluding tert-OH is 4. The van der Waals surface area contributed by atoms with Crippen molar-refractivity contribution in [3.05, 3.63) is 41.5 Å². The number of aliphatic hydroxyl groups is 4. The Bertz CT molecular complexity index is 991. The van der Waals surface area contributed by atoms with E-state index in [-0.39, 0.29) is 41.4 Å². The van der Waals surface area contributed by atoms with E-state index in [1.807, 2.05) is 0 Å². The van der Waals surface area contributed by atoms with Gasteiger partial charge >= 0.3 is 0 Å². The van der Waals surface area contributed by atoms with Crippen LogP contribution >= 0.6 is 0 Å². The van der Waals surface area contributed by atoms with Gasteiger partial charge in [0, 0.05) is 18.6 Å². The van der Waals surface area contributed by atoms with Crippen LogP contribution in [0.3, 0.4) is 0 Å². The maximum atomic E-state index is 12.9. The topological polar surface area (TPSA) is 186 Å². The van der Waals surface area contributed by atoms with Crippen LogP contribution in [-0.4, -0.2) is 86.0 Å². The summed E-state index contributed by atoms with van der Waals surface area (Å²) in [6.45, 7) is -0.667. The molecule has 1 fully saturated rings. The molecule has 7 N–H and O–H groups in total. The number of phenols is 3. The Morgan fingerprint density at radius 1 is 0.970 bits per heavy atom. The van der Waals surface area contributed by atoms with E-state index in [9.17, 15) is 40.5 Å². The van der Waals surface area contributed by atoms with E-state index in [1.54, 1.807) is 0 Å². The van der Waals surface area contributed by atoms with Gasteiger partial charge in [0.05, 0.1) is 13.7 Å². The van der Waals surface area contributed by atoms with Gasteiger partial charge in [0.1, 0.15) is 47.2 Å². The van der Waals surface area contributed by atoms with Crippen LogP contribution in [0.2, 0.25) is 0 Å². The lowest BCUT2D eigenvalue weighted by Gasteiger charge is -2.39. The molecule has 0 radical (unpaired) electrons. The highest BCUT2D eigenvalue weighted by atomic mass is 16.7. The lowest BCUT2D eigenvalue weighted by atomic mass is 9.98. The van der Waals surface area contributed by atoms with Gasteiger partial charge < -0.3 is 50.0 Å². The third kappa shape index (κ3) is 5.29. The lowest BCUT2D eigenvalue weighted by Crippen LogP contribution is -2.60. The molecule has 180 valence electrons. The molecule has 11 heteroatoms. The second-order valence-corrected chi connectivity index (χ2v) is 7.58. The fourth-order valence-corrected chi connectivity index (χ4v) is 3.46. The van der Waals surface area contributed by atoms with E-state index >= 15 is 0 Å². The Morgan fingerprint density at radius 3 is 2.33 bits per heavy atom. The molecule has 5 atom stereocenters. The summed E-state index contributed by atoms with van der Waals surface area (Å²) in [5, 5.41) is 69.0. The van der Waals surface area contributed by atoms with Crippen molar-refractivity contribution in [1.29, 1.82) is 0 Å². The van der Waals surface area contributed by atoms with Gasteiger partial charge in [-0.25, -0.2) is 0 Å². The van der Waals surface area contributed by atoms with Gasteiger partial charge in [-0.1, -0.05) is 6.07 Å². The number of phenolic OH excluding ortho intramolecular Hbond substituents is 3. The zero-order chi connectivity index (χ0) is 24.3. The summed E-state index contributed by atoms with van der Waals surface area (Å²) >= 11 is 0. The average Bonchev–Trinajstić information content (AvgIpc) is 2.79. The summed E-state index contributed by atoms with van der Waals surface area (Å²) in [7, 11) is 1.32. The normalized spacial score (nSPS) is 24.9. The third-order valence-electron chi connectivity index (χ3n) is 5.34. The highest BCUT2D eigenvalue weighted by Crippen LogP contribution is 2.37. The number of hydrogen-bond donors (Lipinski definition) is 7. The lowest BCUT2D eigenvalue weighted by molar-refractivity contribution is -0.277. The summed E-state index contributed by atoms with van der Waals surface area (Å²) in [4.78, 5) is 12.9. The molecule has 3 rings (SSSR count). The number of Topliss-reactive ketones (excluding diaryl/α,β-unsaturated/α-hetero) is 1. The Morgan fingerprint density at radius 2 is 1.70 bits per heavy atom. The maximum absolute atomic E-state index is 12.9. The Hall–Kier alpha value is -3.09. The molecule has 1 aliphatic heterocycles. The van der Waals surface area contributed by atoms with Crippen LogP contribution in [0, 0.1) is 0 Å². The minimum Gasteiger partial charge on any atom is -0.507 e. The third-order valence-corrected chi connectivity index (χ3v) is 5.34. The number of ether oxygens (including phenoxy) is 3. The van der Waals surface area contributed by atoms with Gasteiger partial charge in [0.15, 0.2) is 17.3 Å². The number of aryl methyl sites for hydroxylation is 1. The van der Waals surface area contributed by atoms with Crippen molar-refractivity contribution in [1.82, 2.24) is 0 Å². The number of rotatable bonds is 8. The zero-order valence-corrected chi connectivity index (χ0v) is 17.7. The standard InChI is InChI=1S/C22H26O11/c1-31-11-7-15(27)18(13(25)5-3-10-2-4-12(24)14(26)6-10)16(8-11)32-22-21(30)20(29)19(28)17(9-23)33-22/h2,4,6-8,17,19-24,26-30H,3,5,9H2,1H3/t17-,19-,20+,21-,22-/m1/s1. The molecule has 2 aromatic rings. The first-order valence-electron chi connectivity index (χ1n) is 10.1. The highest BCUT2D eigenvalue weighted by Gasteiger charge is 2.45. The summed E-state index contributed by atoms with van der Waals surface area (Å²) < 4.78 is 16.0. The summed E-state index contributed by atoms with van der Waals surface area (Å²) in [5.74, 6) is -1.73. The largest absolute Gasteiger partial charge is 0.507 e. The molecule has 33 heavy (non-hydrogen) atoms. The minimum atomic E-state index is -1.72. The number of benzene rings is 2. The second kappa shape index (κ2) is 10.2. The number of methoxy groups -OCH3 is 1. The molecule has 11 nitrogen and oxygen atoms in total. The number of aromatic hydroxyl groups is 3. The van der Waals surface area contributed by atoms with Crippen LogP contribution < -0.4 is 9.47 Å². The van der Waals surface area contributed by atoms with Crippen LogP contribution in [0.25, 0.3) is 0 Å². The van der Waals surface area contributed by atoms with Gasteiger partial charge in [-0.05, 0) is 24.1 Å². The molecule has 1 heterocycles. The Balaban J connectivity index is 1.86. The number of carbonyl (C=O) groups is 1. The van der Waals surface area contributed by atoms with Gasteiger partial charge in [-0.15, -0.1) is 0 Å². The van der Waals surface area contributed by atoms with Crippen molar-refractivity contribution in [3.8, 4) is 28.7 Å². The molecule has 0 spiro atoms. The second-order valence-electron chi connectivity index (χ2n) is 7.58. The smallest absolute Gasteiger partial charge is 0.229 e. The van der Waals surface area contributed by atoms with Gasteiger partial charge in [0.25, 0.3) is 0 Å². The van der Waals surface area contributed by atoms with Crippen molar-refractivity contribution in [2.45, 2.75) is 43.5 Å². The van der Waals surface area contributed by atoms with E-state index < -0.39 is 48.8 Å². The summed E-state index contributed by atoms with van der Waals surface area (Å²) in [6, 6.07) is 6.59. The van der Waals surface area contributed by atoms with Gasteiger partial charge in [-0.2, -0.15) is 0 Å². The summed E-state index contributed by atoms with van der Waals surface area (Å²) in [5.41, 5.74) is 0.318. The molecule has 0 unspecified atom stereocenters. The highest BCUT2D eigenvalue weighted by molar-refractivity contribution is 6.01. The number of ketones is 1. The predicted molar refractivity (Wildman–Crippen MR) is 111 cm³/mol. The molecule has 0 aromatic heterocycles. The minimum absolute atomic E-state index is 0.116. The number of carbonyl (C=O) groups excluding carboxylic acids is 1. The van der Waals surface area contributed by atoms with E-state index in [0.29, 0.717) is 5.56 Å². The SMILES string of the molecule is COc1cc(O)c(C(=O)CCc2ccc(O)c(O)c2)c(O[C@@H]2O[C@H](CO)[C@@H](O)[C@H](O)[C@H]2O)c1. The van der Waals surface area contributed by atoms with Gasteiger partial charge in [-0.3, -0.25) is 4.79 Å². The first kappa shape index (κ1) is 24.6. The Kier molecular flexibility index (Phi) is 7.61. The van der Waals surface area contributed by atoms with Crippen LogP contribution in [0.1, 0.15) is 22.3 Å². The molecule has 0 bridgehead atoms. The quantitative estimate of drug-likeness (QED) is 0.202. The van der Waals surface area contributed by atoms with Crippen LogP contribution in [0.15, 0.2) is 30.3 Å². The van der Waals surface area contributed by atoms with Crippen molar-refractivity contribution in [3.63, 3.8) is 0 Å². The molecule has 2 aromatic carbocycles. The van der Waals surface area contributed by atoms with Crippen molar-refractivity contribution in [2.24, 2.45) is 0 Å². The summed E-state index contributed by atoms with van der Waals surface area (Å²) in [6.07, 6.45) is -7.76. The van der Waals surface area contributed by atoms with Crippen molar-refractivity contribution < 1.29 is 54.8 Å². The average molecular weight is 466 g/mol. The van der Waals surface area contributed by atoms with Crippen LogP contribution in [0.5, 0.6) is 28.7 Å². The van der Waals surface area contributed by atoms with Crippen LogP contribution in [0.4, 0.5) is 0 Å². The van der Waals surface area contributed by atoms with E-state index in [1.165, 1.54) is 37.4 Å². The van der Waals surface area contributed by atoms with Crippen LogP contribution in [-0.2, 0) is 11.2 Å². The molecule has 1 aliphatic rings. The monoisotopic (exact) mass is 466 g/mol. The molecular weight excluding hydrogens is 440 g/mol.